The fourth-order valence-corrected chi connectivity index (χ4v) is 3.13. The molecule has 2 unspecified atom stereocenters. The van der Waals surface area contributed by atoms with Crippen molar-refractivity contribution >= 4 is 23.2 Å². The molecule has 2 saturated carbocycles. The van der Waals surface area contributed by atoms with Crippen LogP contribution >= 0.6 is 17.0 Å². The Labute approximate surface area is 139 Å². The Kier molecular flexibility index (Phi) is 6.58. The molecule has 1 aromatic carbocycles. The van der Waals surface area contributed by atoms with Gasteiger partial charge < -0.3 is 5.11 Å². The maximum atomic E-state index is 9.90. The van der Waals surface area contributed by atoms with E-state index in [9.17, 15) is 5.11 Å². The monoisotopic (exact) mass is 389 g/mol. The topological polar surface area (TPSA) is 32.6 Å². The van der Waals surface area contributed by atoms with E-state index >= 15 is 0 Å². The molecule has 0 bridgehead atoms. The van der Waals surface area contributed by atoms with Gasteiger partial charge in [-0.15, -0.1) is 0 Å². The van der Waals surface area contributed by atoms with Crippen molar-refractivity contribution in [2.75, 3.05) is 0 Å². The van der Waals surface area contributed by atoms with Gasteiger partial charge >= 0.3 is 37.9 Å². The first-order chi connectivity index (χ1) is 9.69. The van der Waals surface area contributed by atoms with Crippen LogP contribution in [-0.2, 0) is 20.8 Å². The van der Waals surface area contributed by atoms with Crippen LogP contribution in [0.2, 0.25) is 0 Å². The van der Waals surface area contributed by atoms with Gasteiger partial charge in [-0.1, -0.05) is 25.0 Å². The Hall–Kier alpha value is 0.153. The van der Waals surface area contributed by atoms with Gasteiger partial charge in [0, 0.05) is 11.8 Å². The van der Waals surface area contributed by atoms with E-state index in [1.54, 1.807) is 0 Å². The normalized spacial score (nSPS) is 27.4. The van der Waals surface area contributed by atoms with Crippen molar-refractivity contribution < 1.29 is 26.0 Å². The van der Waals surface area contributed by atoms with Gasteiger partial charge in [0.15, 0.2) is 0 Å². The average Bonchev–Trinajstić information content (AvgIpc) is 3.15. The molecule has 0 aliphatic heterocycles. The molecular formula is C15H19Cl2NOZr. The SMILES string of the molecule is Cc1cccc(C=NC2C3CCCCC32)c1O.[Cl][Zr][Cl]. The summed E-state index contributed by atoms with van der Waals surface area (Å²) in [7, 11) is 9.87. The molecule has 2 atom stereocenters. The van der Waals surface area contributed by atoms with Crippen molar-refractivity contribution in [1.82, 2.24) is 0 Å². The number of aromatic hydroxyl groups is 1. The van der Waals surface area contributed by atoms with E-state index in [0.717, 1.165) is 23.0 Å². The van der Waals surface area contributed by atoms with Crippen molar-refractivity contribution in [2.24, 2.45) is 16.8 Å². The van der Waals surface area contributed by atoms with Crippen LogP contribution in [0.5, 0.6) is 5.75 Å². The van der Waals surface area contributed by atoms with Gasteiger partial charge in [-0.25, -0.2) is 0 Å². The Balaban J connectivity index is 0.000000452. The van der Waals surface area contributed by atoms with Crippen LogP contribution in [0.4, 0.5) is 0 Å². The number of benzene rings is 1. The van der Waals surface area contributed by atoms with Crippen LogP contribution in [0.15, 0.2) is 23.2 Å². The molecule has 2 fully saturated rings. The quantitative estimate of drug-likeness (QED) is 0.730. The molecule has 0 amide bonds. The number of para-hydroxylation sites is 1. The summed E-state index contributed by atoms with van der Waals surface area (Å²) in [5.74, 6) is 2.05. The van der Waals surface area contributed by atoms with Crippen LogP contribution in [0.1, 0.15) is 36.8 Å². The molecule has 5 heteroatoms. The van der Waals surface area contributed by atoms with Gasteiger partial charge in [0.25, 0.3) is 0 Å². The van der Waals surface area contributed by atoms with Crippen molar-refractivity contribution in [3.63, 3.8) is 0 Å². The molecule has 0 radical (unpaired) electrons. The number of hydrogen-bond acceptors (Lipinski definition) is 2. The zero-order valence-electron chi connectivity index (χ0n) is 11.5. The Bertz CT molecular complexity index is 469. The van der Waals surface area contributed by atoms with E-state index in [1.165, 1.54) is 25.7 Å². The standard InChI is InChI=1S/C15H19NO.2ClH.Zr/c1-10-5-4-6-11(15(10)17)9-16-14-12-7-2-3-8-13(12)14;;;/h4-6,9,12-14,17H,2-3,7-8H2,1H3;2*1H;/q;;;+2/p-2. The molecule has 0 aromatic heterocycles. The number of fused-ring (bicyclic) bond motifs is 1. The van der Waals surface area contributed by atoms with Gasteiger partial charge in [-0.3, -0.25) is 4.99 Å². The molecular weight excluding hydrogens is 372 g/mol. The minimum atomic E-state index is -0.826. The number of hydrogen-bond donors (Lipinski definition) is 1. The van der Waals surface area contributed by atoms with Crippen LogP contribution in [-0.4, -0.2) is 17.4 Å². The molecule has 1 aromatic rings. The summed E-state index contributed by atoms with van der Waals surface area (Å²) in [6, 6.07) is 6.36. The number of aryl methyl sites for hydroxylation is 1. The second-order valence-corrected chi connectivity index (χ2v) is 9.20. The van der Waals surface area contributed by atoms with Gasteiger partial charge in [-0.05, 0) is 43.2 Å². The third-order valence-electron chi connectivity index (χ3n) is 4.27. The molecule has 1 N–H and O–H groups in total. The van der Waals surface area contributed by atoms with Gasteiger partial charge in [0.05, 0.1) is 6.04 Å². The third-order valence-corrected chi connectivity index (χ3v) is 4.27. The van der Waals surface area contributed by atoms with E-state index in [-0.39, 0.29) is 0 Å². The average molecular weight is 391 g/mol. The molecule has 2 aliphatic rings. The second kappa shape index (κ2) is 7.96. The first kappa shape index (κ1) is 16.5. The summed E-state index contributed by atoms with van der Waals surface area (Å²) < 4.78 is 0. The molecule has 0 saturated heterocycles. The molecule has 0 heterocycles. The predicted molar refractivity (Wildman–Crippen MR) is 81.4 cm³/mol. The molecule has 2 aliphatic carbocycles. The minimum absolute atomic E-state index is 0.375. The van der Waals surface area contributed by atoms with Gasteiger partial charge in [0.1, 0.15) is 5.75 Å². The summed E-state index contributed by atoms with van der Waals surface area (Å²) in [5, 5.41) is 9.90. The van der Waals surface area contributed by atoms with Crippen LogP contribution in [0.25, 0.3) is 0 Å². The van der Waals surface area contributed by atoms with E-state index in [0.29, 0.717) is 11.8 Å². The molecule has 108 valence electrons. The van der Waals surface area contributed by atoms with Gasteiger partial charge in [-0.2, -0.15) is 0 Å². The fourth-order valence-electron chi connectivity index (χ4n) is 3.13. The van der Waals surface area contributed by atoms with Crippen LogP contribution < -0.4 is 0 Å². The summed E-state index contributed by atoms with van der Waals surface area (Å²) in [4.78, 5) is 4.67. The Morgan fingerprint density at radius 3 is 2.45 bits per heavy atom. The van der Waals surface area contributed by atoms with Crippen molar-refractivity contribution in [1.29, 1.82) is 0 Å². The number of halogens is 2. The number of nitrogens with zero attached hydrogens (tertiary/aromatic N) is 1. The first-order valence-corrected chi connectivity index (χ1v) is 13.3. The van der Waals surface area contributed by atoms with E-state index in [4.69, 9.17) is 17.0 Å². The predicted octanol–water partition coefficient (Wildman–Crippen LogP) is 4.68. The van der Waals surface area contributed by atoms with Crippen molar-refractivity contribution in [3.05, 3.63) is 29.3 Å². The first-order valence-electron chi connectivity index (χ1n) is 6.97. The Morgan fingerprint density at radius 2 is 1.85 bits per heavy atom. The van der Waals surface area contributed by atoms with Crippen LogP contribution in [0, 0.1) is 18.8 Å². The van der Waals surface area contributed by atoms with Crippen molar-refractivity contribution in [3.8, 4) is 5.75 Å². The van der Waals surface area contributed by atoms with Gasteiger partial charge in [0.2, 0.25) is 0 Å². The maximum absolute atomic E-state index is 9.90. The summed E-state index contributed by atoms with van der Waals surface area (Å²) in [5.41, 5.74) is 1.77. The number of phenolic OH excluding ortho intramolecular Hbond substituents is 1. The molecule has 2 nitrogen and oxygen atoms in total. The van der Waals surface area contributed by atoms with E-state index in [1.807, 2.05) is 31.3 Å². The third kappa shape index (κ3) is 4.09. The zero-order valence-corrected chi connectivity index (χ0v) is 15.5. The fraction of sp³-hybridized carbons (Fsp3) is 0.533. The zero-order chi connectivity index (χ0) is 14.5. The van der Waals surface area contributed by atoms with E-state index in [2.05, 4.69) is 4.99 Å². The molecule has 0 spiro atoms. The van der Waals surface area contributed by atoms with Crippen LogP contribution in [0.3, 0.4) is 0 Å². The van der Waals surface area contributed by atoms with E-state index < -0.39 is 20.8 Å². The molecule has 20 heavy (non-hydrogen) atoms. The number of rotatable bonds is 2. The summed E-state index contributed by atoms with van der Waals surface area (Å²) in [6.45, 7) is 1.92. The second-order valence-electron chi connectivity index (χ2n) is 5.47. The summed E-state index contributed by atoms with van der Waals surface area (Å²) in [6.07, 6.45) is 7.33. The van der Waals surface area contributed by atoms with Crippen molar-refractivity contribution in [2.45, 2.75) is 38.6 Å². The molecule has 3 rings (SSSR count). The number of aliphatic imine (C=N–C) groups is 1. The Morgan fingerprint density at radius 1 is 1.25 bits per heavy atom. The summed E-state index contributed by atoms with van der Waals surface area (Å²) >= 11 is -0.826. The number of phenols is 1.